The van der Waals surface area contributed by atoms with Crippen molar-refractivity contribution in [3.05, 3.63) is 24.3 Å². The van der Waals surface area contributed by atoms with Gasteiger partial charge >= 0.3 is 0 Å². The summed E-state index contributed by atoms with van der Waals surface area (Å²) in [5.41, 5.74) is 0. The molecule has 0 saturated heterocycles. The maximum atomic E-state index is 5.65. The van der Waals surface area contributed by atoms with Crippen LogP contribution in [0.4, 0.5) is 0 Å². The van der Waals surface area contributed by atoms with Gasteiger partial charge in [-0.15, -0.1) is 6.58 Å². The fourth-order valence-electron chi connectivity index (χ4n) is 1.31. The van der Waals surface area contributed by atoms with E-state index in [1.54, 1.807) is 0 Å². The molecular formula is C12H21Cl. The average Bonchev–Trinajstić information content (AvgIpc) is 2.09. The smallest absolute Gasteiger partial charge is 0.0109 e. The zero-order valence-electron chi connectivity index (χ0n) is 8.53. The van der Waals surface area contributed by atoms with Gasteiger partial charge in [0.15, 0.2) is 0 Å². The van der Waals surface area contributed by atoms with Crippen LogP contribution < -0.4 is 0 Å². The lowest BCUT2D eigenvalue weighted by Gasteiger charge is -1.99. The number of unbranched alkanes of at least 4 members (excludes halogenated alkanes) is 6. The number of halogens is 1. The lowest BCUT2D eigenvalue weighted by molar-refractivity contribution is 0.599. The van der Waals surface area contributed by atoms with Gasteiger partial charge in [0, 0.05) is 5.03 Å². The second kappa shape index (κ2) is 9.85. The van der Waals surface area contributed by atoms with Crippen molar-refractivity contribution in [3.8, 4) is 0 Å². The van der Waals surface area contributed by atoms with Crippen molar-refractivity contribution in [2.75, 3.05) is 0 Å². The van der Waals surface area contributed by atoms with Crippen LogP contribution in [0.1, 0.15) is 51.4 Å². The Balaban J connectivity index is 2.91. The molecule has 13 heavy (non-hydrogen) atoms. The summed E-state index contributed by atoms with van der Waals surface area (Å²) in [6.45, 7) is 7.37. The zero-order chi connectivity index (χ0) is 9.94. The zero-order valence-corrected chi connectivity index (χ0v) is 9.28. The average molecular weight is 201 g/mol. The molecule has 0 aliphatic carbocycles. The van der Waals surface area contributed by atoms with Gasteiger partial charge in [0.25, 0.3) is 0 Å². The van der Waals surface area contributed by atoms with E-state index in [1.807, 2.05) is 6.08 Å². The van der Waals surface area contributed by atoms with Crippen LogP contribution in [0.3, 0.4) is 0 Å². The van der Waals surface area contributed by atoms with E-state index < -0.39 is 0 Å². The van der Waals surface area contributed by atoms with Crippen LogP contribution in [-0.2, 0) is 0 Å². The van der Waals surface area contributed by atoms with E-state index in [1.165, 1.54) is 44.9 Å². The van der Waals surface area contributed by atoms with Gasteiger partial charge in [0.05, 0.1) is 0 Å². The Bertz CT molecular complexity index is 138. The van der Waals surface area contributed by atoms with Crippen molar-refractivity contribution < 1.29 is 0 Å². The van der Waals surface area contributed by atoms with E-state index in [-0.39, 0.29) is 0 Å². The Morgan fingerprint density at radius 2 is 1.54 bits per heavy atom. The third kappa shape index (κ3) is 11.8. The molecule has 0 N–H and O–H groups in total. The first-order chi connectivity index (χ1) is 6.27. The molecule has 0 aromatic carbocycles. The van der Waals surface area contributed by atoms with E-state index in [9.17, 15) is 0 Å². The highest BCUT2D eigenvalue weighted by Gasteiger charge is 1.91. The topological polar surface area (TPSA) is 0 Å². The van der Waals surface area contributed by atoms with Crippen LogP contribution >= 0.6 is 11.6 Å². The normalized spacial score (nSPS) is 9.92. The molecule has 0 aliphatic heterocycles. The number of allylic oxidation sites excluding steroid dienone is 2. The van der Waals surface area contributed by atoms with Crippen LogP contribution in [0, 0.1) is 0 Å². The minimum atomic E-state index is 0.798. The Hall–Kier alpha value is -0.230. The van der Waals surface area contributed by atoms with Gasteiger partial charge in [-0.3, -0.25) is 0 Å². The van der Waals surface area contributed by atoms with Gasteiger partial charge in [-0.25, -0.2) is 0 Å². The highest BCUT2D eigenvalue weighted by Crippen LogP contribution is 2.13. The van der Waals surface area contributed by atoms with Crippen LogP contribution in [0.5, 0.6) is 0 Å². The Morgan fingerprint density at radius 1 is 1.00 bits per heavy atom. The molecule has 0 heterocycles. The minimum Gasteiger partial charge on any atom is -0.103 e. The first-order valence-corrected chi connectivity index (χ1v) is 5.59. The first-order valence-electron chi connectivity index (χ1n) is 5.21. The maximum absolute atomic E-state index is 5.65. The van der Waals surface area contributed by atoms with Crippen molar-refractivity contribution in [2.45, 2.75) is 51.4 Å². The lowest BCUT2D eigenvalue weighted by Crippen LogP contribution is -1.80. The largest absolute Gasteiger partial charge is 0.103 e. The van der Waals surface area contributed by atoms with Crippen LogP contribution in [-0.4, -0.2) is 0 Å². The van der Waals surface area contributed by atoms with Crippen LogP contribution in [0.15, 0.2) is 24.3 Å². The maximum Gasteiger partial charge on any atom is 0.0109 e. The van der Waals surface area contributed by atoms with E-state index in [4.69, 9.17) is 11.6 Å². The van der Waals surface area contributed by atoms with Crippen molar-refractivity contribution in [1.29, 1.82) is 0 Å². The van der Waals surface area contributed by atoms with Gasteiger partial charge in [-0.1, -0.05) is 49.9 Å². The van der Waals surface area contributed by atoms with Crippen molar-refractivity contribution in [3.63, 3.8) is 0 Å². The van der Waals surface area contributed by atoms with Crippen molar-refractivity contribution in [2.24, 2.45) is 0 Å². The second-order valence-electron chi connectivity index (χ2n) is 3.47. The molecule has 0 fully saturated rings. The summed E-state index contributed by atoms with van der Waals surface area (Å²) in [5.74, 6) is 0. The summed E-state index contributed by atoms with van der Waals surface area (Å²) in [4.78, 5) is 0. The molecule has 0 bridgehead atoms. The fourth-order valence-corrected chi connectivity index (χ4v) is 1.45. The van der Waals surface area contributed by atoms with E-state index in [2.05, 4.69) is 13.2 Å². The third-order valence-corrected chi connectivity index (χ3v) is 2.30. The molecule has 0 rings (SSSR count). The molecule has 76 valence electrons. The summed E-state index contributed by atoms with van der Waals surface area (Å²) in [6, 6.07) is 0. The van der Waals surface area contributed by atoms with Crippen molar-refractivity contribution >= 4 is 11.6 Å². The molecule has 0 unspecified atom stereocenters. The summed E-state index contributed by atoms with van der Waals surface area (Å²) in [6.07, 6.45) is 12.0. The number of rotatable bonds is 9. The Labute approximate surface area is 87.7 Å². The van der Waals surface area contributed by atoms with Crippen molar-refractivity contribution in [1.82, 2.24) is 0 Å². The number of hydrogen-bond acceptors (Lipinski definition) is 0. The SMILES string of the molecule is C=CCCCCCCCCC(=C)Cl. The highest BCUT2D eigenvalue weighted by molar-refractivity contribution is 6.29. The standard InChI is InChI=1S/C12H21Cl/c1-3-4-5-6-7-8-9-10-11-12(2)13/h3H,1-2,4-11H2. The molecule has 0 atom stereocenters. The molecule has 0 saturated carbocycles. The Morgan fingerprint density at radius 3 is 2.08 bits per heavy atom. The summed E-state index contributed by atoms with van der Waals surface area (Å²) in [5, 5.41) is 0.798. The van der Waals surface area contributed by atoms with Gasteiger partial charge in [-0.2, -0.15) is 0 Å². The number of hydrogen-bond donors (Lipinski definition) is 0. The molecule has 1 heteroatoms. The predicted octanol–water partition coefficient (Wildman–Crippen LogP) is 5.05. The summed E-state index contributed by atoms with van der Waals surface area (Å²) >= 11 is 5.65. The molecule has 0 aromatic rings. The van der Waals surface area contributed by atoms with E-state index in [0.29, 0.717) is 0 Å². The second-order valence-corrected chi connectivity index (χ2v) is 4.00. The predicted molar refractivity (Wildman–Crippen MR) is 62.1 cm³/mol. The summed E-state index contributed by atoms with van der Waals surface area (Å²) < 4.78 is 0. The van der Waals surface area contributed by atoms with Gasteiger partial charge < -0.3 is 0 Å². The summed E-state index contributed by atoms with van der Waals surface area (Å²) in [7, 11) is 0. The van der Waals surface area contributed by atoms with E-state index in [0.717, 1.165) is 11.5 Å². The quantitative estimate of drug-likeness (QED) is 0.361. The monoisotopic (exact) mass is 200 g/mol. The molecule has 0 spiro atoms. The molecule has 0 aliphatic rings. The Kier molecular flexibility index (Phi) is 9.68. The molecule has 0 aromatic heterocycles. The molecule has 0 amide bonds. The van der Waals surface area contributed by atoms with Gasteiger partial charge in [-0.05, 0) is 25.7 Å². The van der Waals surface area contributed by atoms with Gasteiger partial charge in [0.1, 0.15) is 0 Å². The lowest BCUT2D eigenvalue weighted by atomic mass is 10.1. The van der Waals surface area contributed by atoms with Crippen LogP contribution in [0.2, 0.25) is 0 Å². The fraction of sp³-hybridized carbons (Fsp3) is 0.667. The molecule has 0 radical (unpaired) electrons. The molecule has 0 nitrogen and oxygen atoms in total. The van der Waals surface area contributed by atoms with Crippen LogP contribution in [0.25, 0.3) is 0 Å². The molecular weight excluding hydrogens is 180 g/mol. The first kappa shape index (κ1) is 12.8. The van der Waals surface area contributed by atoms with E-state index >= 15 is 0 Å². The minimum absolute atomic E-state index is 0.798. The third-order valence-electron chi connectivity index (χ3n) is 2.11. The highest BCUT2D eigenvalue weighted by atomic mass is 35.5. The van der Waals surface area contributed by atoms with Gasteiger partial charge in [0.2, 0.25) is 0 Å².